The average Bonchev–Trinajstić information content (AvgIpc) is 2.07. The summed E-state index contributed by atoms with van der Waals surface area (Å²) in [7, 11) is 0. The van der Waals surface area contributed by atoms with Crippen LogP contribution in [0.1, 0.15) is 39.5 Å². The summed E-state index contributed by atoms with van der Waals surface area (Å²) in [5.41, 5.74) is 1.08. The van der Waals surface area contributed by atoms with E-state index in [0.29, 0.717) is 10.8 Å². The predicted octanol–water partition coefficient (Wildman–Crippen LogP) is 2.19. The first kappa shape index (κ1) is 10.4. The van der Waals surface area contributed by atoms with Gasteiger partial charge in [0, 0.05) is 18.5 Å². The van der Waals surface area contributed by atoms with Gasteiger partial charge in [0.2, 0.25) is 0 Å². The minimum atomic E-state index is 0.429. The zero-order chi connectivity index (χ0) is 10.1. The van der Waals surface area contributed by atoms with Crippen molar-refractivity contribution in [1.82, 2.24) is 5.32 Å². The Labute approximate surface area is 87.4 Å². The van der Waals surface area contributed by atoms with Gasteiger partial charge in [0.25, 0.3) is 0 Å². The predicted molar refractivity (Wildman–Crippen MR) is 58.4 cm³/mol. The van der Waals surface area contributed by atoms with Crippen LogP contribution in [0.5, 0.6) is 0 Å². The first-order chi connectivity index (χ1) is 6.68. The van der Waals surface area contributed by atoms with E-state index in [2.05, 4.69) is 19.2 Å². The Morgan fingerprint density at radius 2 is 1.93 bits per heavy atom. The molecule has 1 aliphatic carbocycles. The molecule has 1 saturated heterocycles. The number of rotatable bonds is 5. The summed E-state index contributed by atoms with van der Waals surface area (Å²) in [5, 5.41) is 3.64. The van der Waals surface area contributed by atoms with E-state index in [1.165, 1.54) is 32.2 Å². The molecule has 1 N–H and O–H groups in total. The van der Waals surface area contributed by atoms with Crippen LogP contribution in [0.15, 0.2) is 0 Å². The van der Waals surface area contributed by atoms with Gasteiger partial charge in [-0.25, -0.2) is 0 Å². The van der Waals surface area contributed by atoms with Gasteiger partial charge >= 0.3 is 0 Å². The first-order valence-electron chi connectivity index (χ1n) is 5.97. The van der Waals surface area contributed by atoms with Crippen LogP contribution < -0.4 is 5.32 Å². The van der Waals surface area contributed by atoms with E-state index in [1.54, 1.807) is 0 Å². The van der Waals surface area contributed by atoms with Crippen molar-refractivity contribution in [3.63, 3.8) is 0 Å². The fraction of sp³-hybridized carbons (Fsp3) is 1.00. The average molecular weight is 197 g/mol. The fourth-order valence-electron chi connectivity index (χ4n) is 2.51. The Balaban J connectivity index is 1.66. The Kier molecular flexibility index (Phi) is 2.85. The molecule has 2 aliphatic rings. The molecule has 0 aromatic carbocycles. The maximum absolute atomic E-state index is 5.25. The maximum atomic E-state index is 5.25. The van der Waals surface area contributed by atoms with E-state index >= 15 is 0 Å². The van der Waals surface area contributed by atoms with Gasteiger partial charge in [0.15, 0.2) is 0 Å². The molecule has 1 saturated carbocycles. The van der Waals surface area contributed by atoms with Gasteiger partial charge in [-0.3, -0.25) is 0 Å². The Morgan fingerprint density at radius 1 is 1.21 bits per heavy atom. The third-order valence-corrected chi connectivity index (χ3v) is 4.12. The molecular formula is C12H23NO. The molecule has 0 atom stereocenters. The number of hydrogen-bond acceptors (Lipinski definition) is 2. The lowest BCUT2D eigenvalue weighted by Gasteiger charge is -2.44. The van der Waals surface area contributed by atoms with E-state index in [4.69, 9.17) is 4.74 Å². The van der Waals surface area contributed by atoms with Crippen LogP contribution in [0.3, 0.4) is 0 Å². The van der Waals surface area contributed by atoms with E-state index < -0.39 is 0 Å². The zero-order valence-corrected chi connectivity index (χ0v) is 9.57. The summed E-state index contributed by atoms with van der Waals surface area (Å²) < 4.78 is 5.25. The van der Waals surface area contributed by atoms with Crippen molar-refractivity contribution >= 4 is 0 Å². The van der Waals surface area contributed by atoms with Gasteiger partial charge in [-0.2, -0.15) is 0 Å². The van der Waals surface area contributed by atoms with Crippen LogP contribution in [0.4, 0.5) is 0 Å². The monoisotopic (exact) mass is 197 g/mol. The molecular weight excluding hydrogens is 174 g/mol. The summed E-state index contributed by atoms with van der Waals surface area (Å²) >= 11 is 0. The van der Waals surface area contributed by atoms with Gasteiger partial charge in [0.1, 0.15) is 0 Å². The van der Waals surface area contributed by atoms with Crippen LogP contribution in [0.2, 0.25) is 0 Å². The van der Waals surface area contributed by atoms with Crippen molar-refractivity contribution in [3.8, 4) is 0 Å². The van der Waals surface area contributed by atoms with Crippen LogP contribution >= 0.6 is 0 Å². The lowest BCUT2D eigenvalue weighted by atomic mass is 9.67. The minimum Gasteiger partial charge on any atom is -0.380 e. The third kappa shape index (κ3) is 1.96. The Hall–Kier alpha value is -0.0800. The molecule has 0 radical (unpaired) electrons. The molecule has 0 bridgehead atoms. The van der Waals surface area contributed by atoms with Gasteiger partial charge < -0.3 is 10.1 Å². The SMILES string of the molecule is CCC1(CNCC2(C)COC2)CCC1. The van der Waals surface area contributed by atoms with Crippen LogP contribution in [-0.2, 0) is 4.74 Å². The molecule has 0 amide bonds. The lowest BCUT2D eigenvalue weighted by Crippen LogP contribution is -2.50. The molecule has 0 aromatic heterocycles. The van der Waals surface area contributed by atoms with E-state index in [9.17, 15) is 0 Å². The summed E-state index contributed by atoms with van der Waals surface area (Å²) in [6.07, 6.45) is 5.65. The fourth-order valence-corrected chi connectivity index (χ4v) is 2.51. The van der Waals surface area contributed by atoms with Gasteiger partial charge in [0.05, 0.1) is 13.2 Å². The molecule has 2 heteroatoms. The second kappa shape index (κ2) is 3.82. The van der Waals surface area contributed by atoms with Gasteiger partial charge in [-0.05, 0) is 24.7 Å². The zero-order valence-electron chi connectivity index (χ0n) is 9.57. The van der Waals surface area contributed by atoms with E-state index in [-0.39, 0.29) is 0 Å². The highest BCUT2D eigenvalue weighted by Gasteiger charge is 2.37. The number of nitrogens with one attached hydrogen (secondary N) is 1. The second-order valence-corrected chi connectivity index (χ2v) is 5.61. The highest BCUT2D eigenvalue weighted by atomic mass is 16.5. The Bertz CT molecular complexity index is 189. The van der Waals surface area contributed by atoms with E-state index in [0.717, 1.165) is 19.8 Å². The molecule has 82 valence electrons. The normalized spacial score (nSPS) is 27.9. The summed E-state index contributed by atoms with van der Waals surface area (Å²) in [6.45, 7) is 8.88. The largest absolute Gasteiger partial charge is 0.380 e. The standard InChI is InChI=1S/C12H23NO/c1-3-12(5-4-6-12)8-13-7-11(2)9-14-10-11/h13H,3-10H2,1-2H3. The van der Waals surface area contributed by atoms with Crippen LogP contribution in [0, 0.1) is 10.8 Å². The summed E-state index contributed by atoms with van der Waals surface area (Å²) in [4.78, 5) is 0. The van der Waals surface area contributed by atoms with Crippen molar-refractivity contribution in [2.75, 3.05) is 26.3 Å². The number of ether oxygens (including phenoxy) is 1. The summed E-state index contributed by atoms with van der Waals surface area (Å²) in [6, 6.07) is 0. The molecule has 2 fully saturated rings. The second-order valence-electron chi connectivity index (χ2n) is 5.61. The highest BCUT2D eigenvalue weighted by Crippen LogP contribution is 2.43. The van der Waals surface area contributed by atoms with E-state index in [1.807, 2.05) is 0 Å². The van der Waals surface area contributed by atoms with Crippen molar-refractivity contribution in [1.29, 1.82) is 0 Å². The van der Waals surface area contributed by atoms with Gasteiger partial charge in [-0.1, -0.05) is 20.3 Å². The summed E-state index contributed by atoms with van der Waals surface area (Å²) in [5.74, 6) is 0. The molecule has 1 aliphatic heterocycles. The minimum absolute atomic E-state index is 0.429. The molecule has 0 unspecified atom stereocenters. The van der Waals surface area contributed by atoms with Crippen molar-refractivity contribution in [3.05, 3.63) is 0 Å². The first-order valence-corrected chi connectivity index (χ1v) is 5.97. The number of hydrogen-bond donors (Lipinski definition) is 1. The van der Waals surface area contributed by atoms with Crippen molar-refractivity contribution < 1.29 is 4.74 Å². The maximum Gasteiger partial charge on any atom is 0.0554 e. The van der Waals surface area contributed by atoms with Crippen LogP contribution in [0.25, 0.3) is 0 Å². The molecule has 1 heterocycles. The van der Waals surface area contributed by atoms with Crippen LogP contribution in [-0.4, -0.2) is 26.3 Å². The molecule has 0 spiro atoms. The van der Waals surface area contributed by atoms with Gasteiger partial charge in [-0.15, -0.1) is 0 Å². The van der Waals surface area contributed by atoms with Crippen molar-refractivity contribution in [2.24, 2.45) is 10.8 Å². The van der Waals surface area contributed by atoms with Crippen molar-refractivity contribution in [2.45, 2.75) is 39.5 Å². The highest BCUT2D eigenvalue weighted by molar-refractivity contribution is 4.90. The molecule has 14 heavy (non-hydrogen) atoms. The molecule has 2 rings (SSSR count). The third-order valence-electron chi connectivity index (χ3n) is 4.12. The molecule has 2 nitrogen and oxygen atoms in total. The smallest absolute Gasteiger partial charge is 0.0554 e. The topological polar surface area (TPSA) is 21.3 Å². The molecule has 0 aromatic rings. The lowest BCUT2D eigenvalue weighted by molar-refractivity contribution is -0.100. The quantitative estimate of drug-likeness (QED) is 0.729. The Morgan fingerprint density at radius 3 is 2.29 bits per heavy atom.